The molecule has 0 spiro atoms. The van der Waals surface area contributed by atoms with E-state index in [1.54, 1.807) is 6.33 Å². The molecule has 2 aromatic heterocycles. The summed E-state index contributed by atoms with van der Waals surface area (Å²) in [5.74, 6) is 3.30. The van der Waals surface area contributed by atoms with Crippen LogP contribution in [0.3, 0.4) is 0 Å². The lowest BCUT2D eigenvalue weighted by Gasteiger charge is -2.26. The molecule has 0 saturated heterocycles. The number of para-hydroxylation sites is 2. The van der Waals surface area contributed by atoms with Gasteiger partial charge in [0.1, 0.15) is 29.7 Å². The number of fused-ring (bicyclic) bond motifs is 4. The molecular formula is C20H21N3O2S. The van der Waals surface area contributed by atoms with Crippen LogP contribution in [-0.2, 0) is 12.8 Å². The molecule has 1 N–H and O–H groups in total. The van der Waals surface area contributed by atoms with Crippen molar-refractivity contribution in [2.24, 2.45) is 5.92 Å². The average Bonchev–Trinajstić information content (AvgIpc) is 3.04. The number of nitrogens with zero attached hydrogens (tertiary/aromatic N) is 2. The van der Waals surface area contributed by atoms with Crippen LogP contribution in [0.4, 0.5) is 5.82 Å². The van der Waals surface area contributed by atoms with Gasteiger partial charge < -0.3 is 14.8 Å². The van der Waals surface area contributed by atoms with Crippen molar-refractivity contribution in [1.82, 2.24) is 9.97 Å². The van der Waals surface area contributed by atoms with Crippen LogP contribution < -0.4 is 14.8 Å². The second-order valence-corrected chi connectivity index (χ2v) is 8.22. The number of hydrogen-bond acceptors (Lipinski definition) is 6. The standard InChI is InChI=1S/C20H21N3O2S/c1-12-6-7-14-17(8-12)26-20-18(14)19(22-11-23-20)21-9-13-10-24-15-4-2-3-5-16(15)25-13/h2-5,11-13H,6-10H2,1H3,(H,21,22,23)/t12-,13-/m0/s1. The maximum Gasteiger partial charge on any atom is 0.161 e. The van der Waals surface area contributed by atoms with Gasteiger partial charge in [0.15, 0.2) is 11.5 Å². The molecule has 2 atom stereocenters. The van der Waals surface area contributed by atoms with E-state index in [0.717, 1.165) is 40.9 Å². The molecule has 0 saturated carbocycles. The Hall–Kier alpha value is -2.34. The highest BCUT2D eigenvalue weighted by molar-refractivity contribution is 7.19. The van der Waals surface area contributed by atoms with Crippen molar-refractivity contribution in [2.45, 2.75) is 32.3 Å². The second kappa shape index (κ2) is 6.43. The zero-order valence-electron chi connectivity index (χ0n) is 14.7. The minimum Gasteiger partial charge on any atom is -0.486 e. The van der Waals surface area contributed by atoms with E-state index in [1.807, 2.05) is 35.6 Å². The monoisotopic (exact) mass is 367 g/mol. The predicted molar refractivity (Wildman–Crippen MR) is 103 cm³/mol. The fraction of sp³-hybridized carbons (Fsp3) is 0.400. The first-order valence-electron chi connectivity index (χ1n) is 9.15. The van der Waals surface area contributed by atoms with Gasteiger partial charge in [0.25, 0.3) is 0 Å². The third kappa shape index (κ3) is 2.78. The Balaban J connectivity index is 1.37. The molecule has 0 amide bonds. The van der Waals surface area contributed by atoms with Gasteiger partial charge in [-0.05, 0) is 42.9 Å². The number of anilines is 1. The number of hydrogen-bond donors (Lipinski definition) is 1. The summed E-state index contributed by atoms with van der Waals surface area (Å²) >= 11 is 1.82. The summed E-state index contributed by atoms with van der Waals surface area (Å²) in [6.45, 7) is 3.52. The molecule has 2 aliphatic rings. The first-order valence-corrected chi connectivity index (χ1v) is 9.97. The molecule has 0 radical (unpaired) electrons. The lowest BCUT2D eigenvalue weighted by Crippen LogP contribution is -2.35. The number of thiophene rings is 1. The summed E-state index contributed by atoms with van der Waals surface area (Å²) in [5.41, 5.74) is 1.44. The predicted octanol–water partition coefficient (Wildman–Crippen LogP) is 4.07. The van der Waals surface area contributed by atoms with Crippen molar-refractivity contribution >= 4 is 27.4 Å². The topological polar surface area (TPSA) is 56.3 Å². The molecule has 0 fully saturated rings. The molecule has 5 rings (SSSR count). The van der Waals surface area contributed by atoms with Crippen molar-refractivity contribution in [2.75, 3.05) is 18.5 Å². The molecule has 6 heteroatoms. The summed E-state index contributed by atoms with van der Waals surface area (Å²) < 4.78 is 11.8. The van der Waals surface area contributed by atoms with Crippen LogP contribution in [0.25, 0.3) is 10.2 Å². The van der Waals surface area contributed by atoms with Gasteiger partial charge in [0.05, 0.1) is 11.9 Å². The van der Waals surface area contributed by atoms with Gasteiger partial charge in [-0.15, -0.1) is 11.3 Å². The minimum absolute atomic E-state index is 0.0376. The molecule has 5 nitrogen and oxygen atoms in total. The van der Waals surface area contributed by atoms with E-state index in [-0.39, 0.29) is 6.10 Å². The maximum absolute atomic E-state index is 6.05. The number of aromatic nitrogens is 2. The van der Waals surface area contributed by atoms with E-state index in [9.17, 15) is 0 Å². The first kappa shape index (κ1) is 15.9. The smallest absolute Gasteiger partial charge is 0.161 e. The van der Waals surface area contributed by atoms with Crippen molar-refractivity contribution in [1.29, 1.82) is 0 Å². The van der Waals surface area contributed by atoms with E-state index < -0.39 is 0 Å². The summed E-state index contributed by atoms with van der Waals surface area (Å²) in [6, 6.07) is 7.80. The number of ether oxygens (including phenoxy) is 2. The fourth-order valence-electron chi connectivity index (χ4n) is 3.78. The summed E-state index contributed by atoms with van der Waals surface area (Å²) in [6.07, 6.45) is 5.14. The van der Waals surface area contributed by atoms with Gasteiger partial charge in [-0.1, -0.05) is 19.1 Å². The number of nitrogens with one attached hydrogen (secondary N) is 1. The van der Waals surface area contributed by atoms with Crippen LogP contribution in [0.15, 0.2) is 30.6 Å². The highest BCUT2D eigenvalue weighted by atomic mass is 32.1. The fourth-order valence-corrected chi connectivity index (χ4v) is 5.13. The number of rotatable bonds is 3. The van der Waals surface area contributed by atoms with Gasteiger partial charge in [0, 0.05) is 4.88 Å². The SMILES string of the molecule is C[C@H]1CCc2c(sc3ncnc(NC[C@H]4COc5ccccc5O4)c23)C1. The quantitative estimate of drug-likeness (QED) is 0.756. The van der Waals surface area contributed by atoms with Crippen LogP contribution >= 0.6 is 11.3 Å². The molecule has 1 aliphatic carbocycles. The van der Waals surface area contributed by atoms with Crippen LogP contribution in [0.5, 0.6) is 11.5 Å². The Morgan fingerprint density at radius 2 is 2.12 bits per heavy atom. The lowest BCUT2D eigenvalue weighted by molar-refractivity contribution is 0.0997. The molecule has 1 aromatic carbocycles. The zero-order chi connectivity index (χ0) is 17.5. The van der Waals surface area contributed by atoms with Gasteiger partial charge >= 0.3 is 0 Å². The average molecular weight is 367 g/mol. The third-order valence-corrected chi connectivity index (χ3v) is 6.32. The van der Waals surface area contributed by atoms with Crippen molar-refractivity contribution in [3.8, 4) is 11.5 Å². The zero-order valence-corrected chi connectivity index (χ0v) is 15.5. The second-order valence-electron chi connectivity index (χ2n) is 7.13. The van der Waals surface area contributed by atoms with Gasteiger partial charge in [-0.25, -0.2) is 9.97 Å². The van der Waals surface area contributed by atoms with Crippen molar-refractivity contribution in [3.63, 3.8) is 0 Å². The summed E-state index contributed by atoms with van der Waals surface area (Å²) in [4.78, 5) is 11.6. The minimum atomic E-state index is -0.0376. The molecule has 3 heterocycles. The van der Waals surface area contributed by atoms with Crippen molar-refractivity contribution in [3.05, 3.63) is 41.0 Å². The van der Waals surface area contributed by atoms with E-state index >= 15 is 0 Å². The molecule has 1 aliphatic heterocycles. The summed E-state index contributed by atoms with van der Waals surface area (Å²) in [7, 11) is 0. The maximum atomic E-state index is 6.05. The summed E-state index contributed by atoms with van der Waals surface area (Å²) in [5, 5.41) is 4.69. The Morgan fingerprint density at radius 1 is 1.23 bits per heavy atom. The number of aryl methyl sites for hydroxylation is 1. The van der Waals surface area contributed by atoms with Crippen LogP contribution in [0.1, 0.15) is 23.8 Å². The Bertz CT molecular complexity index is 955. The van der Waals surface area contributed by atoms with E-state index in [1.165, 1.54) is 22.2 Å². The molecule has 3 aromatic rings. The third-order valence-electron chi connectivity index (χ3n) is 5.16. The molecule has 0 unspecified atom stereocenters. The number of benzene rings is 1. The van der Waals surface area contributed by atoms with Crippen molar-refractivity contribution < 1.29 is 9.47 Å². The van der Waals surface area contributed by atoms with Crippen LogP contribution in [0, 0.1) is 5.92 Å². The first-order chi connectivity index (χ1) is 12.8. The Labute approximate surface area is 156 Å². The Kier molecular flexibility index (Phi) is 3.93. The Morgan fingerprint density at radius 3 is 3.04 bits per heavy atom. The van der Waals surface area contributed by atoms with E-state index in [2.05, 4.69) is 22.2 Å². The van der Waals surface area contributed by atoms with Gasteiger partial charge in [0.2, 0.25) is 0 Å². The van der Waals surface area contributed by atoms with Gasteiger partial charge in [-0.2, -0.15) is 0 Å². The van der Waals surface area contributed by atoms with Crippen LogP contribution in [0.2, 0.25) is 0 Å². The molecule has 0 bridgehead atoms. The van der Waals surface area contributed by atoms with E-state index in [0.29, 0.717) is 13.2 Å². The largest absolute Gasteiger partial charge is 0.486 e. The van der Waals surface area contributed by atoms with Gasteiger partial charge in [-0.3, -0.25) is 0 Å². The molecule has 134 valence electrons. The van der Waals surface area contributed by atoms with Crippen LogP contribution in [-0.4, -0.2) is 29.2 Å². The van der Waals surface area contributed by atoms with E-state index in [4.69, 9.17) is 9.47 Å². The normalized spacial score (nSPS) is 21.4. The molecule has 26 heavy (non-hydrogen) atoms. The highest BCUT2D eigenvalue weighted by Gasteiger charge is 2.24. The lowest BCUT2D eigenvalue weighted by atomic mass is 9.89. The molecular weight excluding hydrogens is 346 g/mol. The highest BCUT2D eigenvalue weighted by Crippen LogP contribution is 2.39.